The zero-order valence-corrected chi connectivity index (χ0v) is 10.1. The van der Waals surface area contributed by atoms with E-state index < -0.39 is 0 Å². The summed E-state index contributed by atoms with van der Waals surface area (Å²) in [5, 5.41) is 7.85. The number of rotatable bonds is 4. The van der Waals surface area contributed by atoms with Crippen LogP contribution in [0.1, 0.15) is 18.7 Å². The zero-order valence-electron chi connectivity index (χ0n) is 9.36. The van der Waals surface area contributed by atoms with E-state index in [4.69, 9.17) is 20.8 Å². The van der Waals surface area contributed by atoms with Crippen molar-refractivity contribution >= 4 is 17.6 Å². The molecule has 1 fully saturated rings. The number of methoxy groups -OCH3 is 1. The van der Waals surface area contributed by atoms with Gasteiger partial charge in [0.15, 0.2) is 0 Å². The number of nitrogens with zero attached hydrogens (tertiary/aromatic N) is 3. The van der Waals surface area contributed by atoms with Gasteiger partial charge in [0.25, 0.3) is 0 Å². The summed E-state index contributed by atoms with van der Waals surface area (Å²) in [5.41, 5.74) is 0. The van der Waals surface area contributed by atoms with Gasteiger partial charge < -0.3 is 14.1 Å². The number of ether oxygens (including phenoxy) is 1. The average Bonchev–Trinajstić information content (AvgIpc) is 2.78. The van der Waals surface area contributed by atoms with Crippen molar-refractivity contribution in [2.45, 2.75) is 18.7 Å². The molecule has 0 amide bonds. The Labute approximate surface area is 99.7 Å². The maximum absolute atomic E-state index is 5.62. The highest BCUT2D eigenvalue weighted by molar-refractivity contribution is 6.16. The van der Waals surface area contributed by atoms with Gasteiger partial charge in [0.1, 0.15) is 5.88 Å². The molecule has 0 N–H and O–H groups in total. The molecule has 1 aromatic heterocycles. The maximum atomic E-state index is 5.62. The molecule has 2 rings (SSSR count). The van der Waals surface area contributed by atoms with Gasteiger partial charge in [-0.3, -0.25) is 0 Å². The number of alkyl halides is 1. The lowest BCUT2D eigenvalue weighted by Gasteiger charge is -2.30. The minimum atomic E-state index is 0.266. The first-order valence-corrected chi connectivity index (χ1v) is 5.99. The minimum Gasteiger partial charge on any atom is -0.407 e. The highest BCUT2D eigenvalue weighted by Crippen LogP contribution is 2.22. The summed E-state index contributed by atoms with van der Waals surface area (Å²) in [4.78, 5) is 2.11. The highest BCUT2D eigenvalue weighted by Gasteiger charge is 2.23. The summed E-state index contributed by atoms with van der Waals surface area (Å²) in [6.07, 6.45) is 2.33. The van der Waals surface area contributed by atoms with E-state index in [1.165, 1.54) is 6.42 Å². The van der Waals surface area contributed by atoms with Gasteiger partial charge in [0, 0.05) is 26.1 Å². The van der Waals surface area contributed by atoms with Gasteiger partial charge in [-0.1, -0.05) is 5.10 Å². The minimum absolute atomic E-state index is 0.266. The Balaban J connectivity index is 1.98. The Kier molecular flexibility index (Phi) is 4.01. The van der Waals surface area contributed by atoms with Gasteiger partial charge in [-0.05, 0) is 12.8 Å². The van der Waals surface area contributed by atoms with Crippen LogP contribution in [0.25, 0.3) is 0 Å². The molecule has 0 aliphatic carbocycles. The number of piperidine rings is 1. The molecular formula is C10H16ClN3O2. The van der Waals surface area contributed by atoms with Crippen molar-refractivity contribution in [1.82, 2.24) is 10.2 Å². The van der Waals surface area contributed by atoms with E-state index in [0.717, 1.165) is 26.1 Å². The van der Waals surface area contributed by atoms with Crippen LogP contribution in [0, 0.1) is 5.92 Å². The zero-order chi connectivity index (χ0) is 11.4. The van der Waals surface area contributed by atoms with Crippen LogP contribution in [0.2, 0.25) is 0 Å². The standard InChI is InChI=1S/C10H16ClN3O2/c1-15-7-8-3-2-4-14(6-8)10-13-12-9(5-11)16-10/h8H,2-7H2,1H3. The molecule has 6 heteroatoms. The lowest BCUT2D eigenvalue weighted by molar-refractivity contribution is 0.142. The van der Waals surface area contributed by atoms with Crippen LogP contribution in [0.3, 0.4) is 0 Å². The molecule has 90 valence electrons. The molecule has 1 aromatic rings. The second kappa shape index (κ2) is 5.50. The van der Waals surface area contributed by atoms with E-state index >= 15 is 0 Å². The topological polar surface area (TPSA) is 51.4 Å². The SMILES string of the molecule is COCC1CCCN(c2nnc(CCl)o2)C1. The summed E-state index contributed by atoms with van der Waals surface area (Å²) in [7, 11) is 1.73. The van der Waals surface area contributed by atoms with Crippen molar-refractivity contribution in [3.8, 4) is 0 Å². The normalized spacial score (nSPS) is 21.4. The van der Waals surface area contributed by atoms with Crippen LogP contribution in [-0.2, 0) is 10.6 Å². The second-order valence-corrected chi connectivity index (χ2v) is 4.29. The molecule has 1 aliphatic heterocycles. The third kappa shape index (κ3) is 2.65. The molecule has 1 aliphatic rings. The molecule has 0 radical (unpaired) electrons. The molecule has 16 heavy (non-hydrogen) atoms. The Bertz CT molecular complexity index is 330. The van der Waals surface area contributed by atoms with Gasteiger partial charge >= 0.3 is 6.01 Å². The van der Waals surface area contributed by atoms with E-state index in [0.29, 0.717) is 17.8 Å². The Hall–Kier alpha value is -0.810. The van der Waals surface area contributed by atoms with Crippen molar-refractivity contribution in [1.29, 1.82) is 0 Å². The molecule has 0 spiro atoms. The van der Waals surface area contributed by atoms with E-state index in [1.54, 1.807) is 7.11 Å². The smallest absolute Gasteiger partial charge is 0.318 e. The molecular weight excluding hydrogens is 230 g/mol. The molecule has 2 heterocycles. The van der Waals surface area contributed by atoms with Gasteiger partial charge in [-0.15, -0.1) is 16.7 Å². The summed E-state index contributed by atoms with van der Waals surface area (Å²) in [6, 6.07) is 0.580. The molecule has 0 aromatic carbocycles. The van der Waals surface area contributed by atoms with E-state index in [9.17, 15) is 0 Å². The predicted octanol–water partition coefficient (Wildman–Crippen LogP) is 1.67. The van der Waals surface area contributed by atoms with Crippen molar-refractivity contribution in [3.63, 3.8) is 0 Å². The fourth-order valence-corrected chi connectivity index (χ4v) is 2.15. The number of hydrogen-bond donors (Lipinski definition) is 0. The van der Waals surface area contributed by atoms with Crippen LogP contribution in [0.4, 0.5) is 6.01 Å². The number of anilines is 1. The molecule has 1 saturated heterocycles. The third-order valence-corrected chi connectivity index (χ3v) is 2.99. The van der Waals surface area contributed by atoms with Crippen molar-refractivity contribution in [3.05, 3.63) is 5.89 Å². The van der Waals surface area contributed by atoms with Gasteiger partial charge in [0.2, 0.25) is 5.89 Å². The second-order valence-electron chi connectivity index (χ2n) is 4.02. The first-order valence-electron chi connectivity index (χ1n) is 5.45. The van der Waals surface area contributed by atoms with E-state index in [-0.39, 0.29) is 5.88 Å². The van der Waals surface area contributed by atoms with Crippen LogP contribution in [-0.4, -0.2) is 37.0 Å². The number of hydrogen-bond acceptors (Lipinski definition) is 5. The maximum Gasteiger partial charge on any atom is 0.318 e. The number of halogens is 1. The van der Waals surface area contributed by atoms with E-state index in [1.807, 2.05) is 0 Å². The first kappa shape index (κ1) is 11.7. The highest BCUT2D eigenvalue weighted by atomic mass is 35.5. The Morgan fingerprint density at radius 3 is 3.12 bits per heavy atom. The molecule has 5 nitrogen and oxygen atoms in total. The Morgan fingerprint density at radius 1 is 1.56 bits per heavy atom. The average molecular weight is 246 g/mol. The third-order valence-electron chi connectivity index (χ3n) is 2.76. The monoisotopic (exact) mass is 245 g/mol. The van der Waals surface area contributed by atoms with Crippen LogP contribution >= 0.6 is 11.6 Å². The quantitative estimate of drug-likeness (QED) is 0.756. The van der Waals surface area contributed by atoms with Crippen LogP contribution in [0.15, 0.2) is 4.42 Å². The van der Waals surface area contributed by atoms with Crippen molar-refractivity contribution < 1.29 is 9.15 Å². The predicted molar refractivity (Wildman–Crippen MR) is 60.7 cm³/mol. The Morgan fingerprint density at radius 2 is 2.44 bits per heavy atom. The molecule has 0 saturated carbocycles. The molecule has 1 unspecified atom stereocenters. The summed E-state index contributed by atoms with van der Waals surface area (Å²) >= 11 is 5.62. The first-order chi connectivity index (χ1) is 7.83. The van der Waals surface area contributed by atoms with Crippen molar-refractivity contribution in [2.24, 2.45) is 5.92 Å². The molecule has 1 atom stereocenters. The molecule has 0 bridgehead atoms. The van der Waals surface area contributed by atoms with Crippen LogP contribution in [0.5, 0.6) is 0 Å². The van der Waals surface area contributed by atoms with Gasteiger partial charge in [-0.25, -0.2) is 0 Å². The lowest BCUT2D eigenvalue weighted by atomic mass is 9.99. The van der Waals surface area contributed by atoms with Gasteiger partial charge in [-0.2, -0.15) is 0 Å². The van der Waals surface area contributed by atoms with Crippen molar-refractivity contribution in [2.75, 3.05) is 31.7 Å². The largest absolute Gasteiger partial charge is 0.407 e. The fourth-order valence-electron chi connectivity index (χ4n) is 2.04. The summed E-state index contributed by atoms with van der Waals surface area (Å²) in [5.74, 6) is 1.29. The summed E-state index contributed by atoms with van der Waals surface area (Å²) < 4.78 is 10.6. The van der Waals surface area contributed by atoms with Crippen LogP contribution < -0.4 is 4.90 Å². The summed E-state index contributed by atoms with van der Waals surface area (Å²) in [6.45, 7) is 2.66. The number of aromatic nitrogens is 2. The fraction of sp³-hybridized carbons (Fsp3) is 0.800. The van der Waals surface area contributed by atoms with E-state index in [2.05, 4.69) is 15.1 Å². The van der Waals surface area contributed by atoms with Gasteiger partial charge in [0.05, 0.1) is 6.61 Å². The lowest BCUT2D eigenvalue weighted by Crippen LogP contribution is -2.37.